The van der Waals surface area contributed by atoms with Crippen molar-refractivity contribution in [1.82, 2.24) is 5.43 Å². The monoisotopic (exact) mass is 417 g/mol. The summed E-state index contributed by atoms with van der Waals surface area (Å²) in [6.07, 6.45) is 1.94. The number of alkyl halides is 3. The highest BCUT2D eigenvalue weighted by molar-refractivity contribution is 5.99. The van der Waals surface area contributed by atoms with Gasteiger partial charge in [0.25, 0.3) is 5.91 Å². The third-order valence-corrected chi connectivity index (χ3v) is 5.40. The van der Waals surface area contributed by atoms with Gasteiger partial charge in [-0.1, -0.05) is 49.6 Å². The first-order chi connectivity index (χ1) is 14.3. The summed E-state index contributed by atoms with van der Waals surface area (Å²) in [5.41, 5.74) is 4.82. The third-order valence-electron chi connectivity index (χ3n) is 5.40. The van der Waals surface area contributed by atoms with Crippen molar-refractivity contribution in [1.29, 1.82) is 0 Å². The Hall–Kier alpha value is -2.83. The van der Waals surface area contributed by atoms with Crippen LogP contribution in [0.5, 0.6) is 0 Å². The molecular formula is C23H26F3N3O. The first kappa shape index (κ1) is 21.9. The summed E-state index contributed by atoms with van der Waals surface area (Å²) in [6, 6.07) is 13.0. The maximum absolute atomic E-state index is 12.7. The number of hydrogen-bond acceptors (Lipinski definition) is 3. The molecule has 1 saturated carbocycles. The normalized spacial score (nSPS) is 15.7. The number of benzene rings is 2. The van der Waals surface area contributed by atoms with E-state index in [4.69, 9.17) is 0 Å². The quantitative estimate of drug-likeness (QED) is 0.468. The number of hydrazone groups is 1. The van der Waals surface area contributed by atoms with Gasteiger partial charge in [-0.15, -0.1) is 0 Å². The highest BCUT2D eigenvalue weighted by atomic mass is 19.4. The number of carbonyl (C=O) groups excluding carboxylic acids is 1. The van der Waals surface area contributed by atoms with Crippen molar-refractivity contribution in [2.75, 3.05) is 11.9 Å². The summed E-state index contributed by atoms with van der Waals surface area (Å²) in [4.78, 5) is 12.0. The number of hydrogen-bond donors (Lipinski definition) is 2. The van der Waals surface area contributed by atoms with Crippen LogP contribution < -0.4 is 10.7 Å². The molecule has 1 amide bonds. The Morgan fingerprint density at radius 3 is 2.43 bits per heavy atom. The lowest BCUT2D eigenvalue weighted by molar-refractivity contribution is -0.137. The predicted molar refractivity (Wildman–Crippen MR) is 113 cm³/mol. The van der Waals surface area contributed by atoms with Crippen molar-refractivity contribution in [3.8, 4) is 0 Å². The topological polar surface area (TPSA) is 53.5 Å². The van der Waals surface area contributed by atoms with Gasteiger partial charge in [-0.25, -0.2) is 5.43 Å². The summed E-state index contributed by atoms with van der Waals surface area (Å²) in [5, 5.41) is 6.79. The molecule has 160 valence electrons. The third kappa shape index (κ3) is 6.08. The van der Waals surface area contributed by atoms with Gasteiger partial charge in [-0.3, -0.25) is 4.79 Å². The zero-order chi connectivity index (χ0) is 21.6. The minimum atomic E-state index is -4.42. The van der Waals surface area contributed by atoms with E-state index in [1.54, 1.807) is 6.92 Å². The molecule has 0 radical (unpaired) electrons. The maximum atomic E-state index is 12.7. The molecule has 1 aliphatic carbocycles. The summed E-state index contributed by atoms with van der Waals surface area (Å²) >= 11 is 0. The summed E-state index contributed by atoms with van der Waals surface area (Å²) < 4.78 is 38.2. The Morgan fingerprint density at radius 1 is 1.07 bits per heavy atom. The number of carbonyl (C=O) groups is 1. The Bertz CT molecular complexity index is 885. The van der Waals surface area contributed by atoms with Crippen LogP contribution in [0.15, 0.2) is 53.6 Å². The van der Waals surface area contributed by atoms with Gasteiger partial charge < -0.3 is 5.32 Å². The molecule has 1 aliphatic rings. The van der Waals surface area contributed by atoms with Gasteiger partial charge in [0.15, 0.2) is 0 Å². The van der Waals surface area contributed by atoms with Crippen LogP contribution in [0.25, 0.3) is 0 Å². The highest BCUT2D eigenvalue weighted by Gasteiger charge is 2.30. The zero-order valence-electron chi connectivity index (χ0n) is 16.9. The van der Waals surface area contributed by atoms with E-state index in [9.17, 15) is 18.0 Å². The Labute approximate surface area is 174 Å². The minimum absolute atomic E-state index is 0.182. The van der Waals surface area contributed by atoms with E-state index in [1.807, 2.05) is 12.1 Å². The fourth-order valence-corrected chi connectivity index (χ4v) is 3.67. The Balaban J connectivity index is 1.52. The predicted octanol–water partition coefficient (Wildman–Crippen LogP) is 5.71. The maximum Gasteiger partial charge on any atom is 0.416 e. The van der Waals surface area contributed by atoms with E-state index in [1.165, 1.54) is 49.8 Å². The van der Waals surface area contributed by atoms with Crippen LogP contribution in [0.3, 0.4) is 0 Å². The van der Waals surface area contributed by atoms with E-state index >= 15 is 0 Å². The van der Waals surface area contributed by atoms with E-state index in [-0.39, 0.29) is 12.2 Å². The average molecular weight is 417 g/mol. The smallest absolute Gasteiger partial charge is 0.376 e. The lowest BCUT2D eigenvalue weighted by Gasteiger charge is -2.22. The second kappa shape index (κ2) is 9.78. The molecule has 4 nitrogen and oxygen atoms in total. The molecule has 0 spiro atoms. The van der Waals surface area contributed by atoms with Gasteiger partial charge in [0, 0.05) is 5.69 Å². The summed E-state index contributed by atoms with van der Waals surface area (Å²) in [5.74, 6) is 0.192. The van der Waals surface area contributed by atoms with Crippen LogP contribution in [0.4, 0.5) is 18.9 Å². The molecule has 2 aromatic rings. The number of amides is 1. The average Bonchev–Trinajstić information content (AvgIpc) is 2.76. The van der Waals surface area contributed by atoms with Crippen LogP contribution in [0.2, 0.25) is 0 Å². The van der Waals surface area contributed by atoms with E-state index < -0.39 is 17.6 Å². The van der Waals surface area contributed by atoms with Crippen molar-refractivity contribution in [2.24, 2.45) is 5.10 Å². The van der Waals surface area contributed by atoms with Crippen molar-refractivity contribution < 1.29 is 18.0 Å². The SMILES string of the molecule is C/C(=N\NC(=O)CNc1cccc(C(F)(F)F)c1)c1ccc(C2CCCCC2)cc1. The molecule has 0 aromatic heterocycles. The molecule has 0 heterocycles. The second-order valence-electron chi connectivity index (χ2n) is 7.62. The molecule has 7 heteroatoms. The first-order valence-corrected chi connectivity index (χ1v) is 10.2. The van der Waals surface area contributed by atoms with Crippen molar-refractivity contribution >= 4 is 17.3 Å². The van der Waals surface area contributed by atoms with Gasteiger partial charge in [-0.2, -0.15) is 18.3 Å². The molecule has 2 N–H and O–H groups in total. The molecule has 3 rings (SSSR count). The minimum Gasteiger partial charge on any atom is -0.376 e. The Morgan fingerprint density at radius 2 is 1.77 bits per heavy atom. The largest absolute Gasteiger partial charge is 0.416 e. The summed E-state index contributed by atoms with van der Waals surface area (Å²) in [6.45, 7) is 1.62. The van der Waals surface area contributed by atoms with Crippen LogP contribution in [0.1, 0.15) is 61.6 Å². The molecule has 0 unspecified atom stereocenters. The number of anilines is 1. The van der Waals surface area contributed by atoms with Gasteiger partial charge in [0.2, 0.25) is 0 Å². The lowest BCUT2D eigenvalue weighted by Crippen LogP contribution is -2.26. The van der Waals surface area contributed by atoms with Crippen LogP contribution in [0, 0.1) is 0 Å². The molecule has 2 aromatic carbocycles. The summed E-state index contributed by atoms with van der Waals surface area (Å²) in [7, 11) is 0. The van der Waals surface area contributed by atoms with Crippen molar-refractivity contribution in [3.63, 3.8) is 0 Å². The standard InChI is InChI=1S/C23H26F3N3O/c1-16(17-10-12-19(13-11-17)18-6-3-2-4-7-18)28-29-22(30)15-27-21-9-5-8-20(14-21)23(24,25)26/h5,8-14,18,27H,2-4,6-7,15H2,1H3,(H,29,30)/b28-16+. The molecule has 0 atom stereocenters. The number of halogens is 3. The van der Waals surface area contributed by atoms with E-state index in [0.29, 0.717) is 11.6 Å². The van der Waals surface area contributed by atoms with Crippen molar-refractivity contribution in [2.45, 2.75) is 51.1 Å². The molecule has 0 bridgehead atoms. The molecule has 1 fully saturated rings. The van der Waals surface area contributed by atoms with Crippen LogP contribution in [-0.2, 0) is 11.0 Å². The van der Waals surface area contributed by atoms with Gasteiger partial charge in [0.05, 0.1) is 17.8 Å². The number of nitrogens with zero attached hydrogens (tertiary/aromatic N) is 1. The molecule has 30 heavy (non-hydrogen) atoms. The van der Waals surface area contributed by atoms with Gasteiger partial charge >= 0.3 is 6.18 Å². The van der Waals surface area contributed by atoms with E-state index in [2.05, 4.69) is 28.0 Å². The molecule has 0 saturated heterocycles. The van der Waals surface area contributed by atoms with Crippen LogP contribution >= 0.6 is 0 Å². The van der Waals surface area contributed by atoms with Gasteiger partial charge in [-0.05, 0) is 55.0 Å². The second-order valence-corrected chi connectivity index (χ2v) is 7.62. The lowest BCUT2D eigenvalue weighted by atomic mass is 9.84. The van der Waals surface area contributed by atoms with Crippen molar-refractivity contribution in [3.05, 3.63) is 65.2 Å². The molecular weight excluding hydrogens is 391 g/mol. The number of rotatable bonds is 6. The van der Waals surface area contributed by atoms with Crippen LogP contribution in [-0.4, -0.2) is 18.2 Å². The number of nitrogens with one attached hydrogen (secondary N) is 2. The Kier molecular flexibility index (Phi) is 7.13. The highest BCUT2D eigenvalue weighted by Crippen LogP contribution is 2.32. The fraction of sp³-hybridized carbons (Fsp3) is 0.391. The van der Waals surface area contributed by atoms with Gasteiger partial charge in [0.1, 0.15) is 0 Å². The molecule has 0 aliphatic heterocycles. The zero-order valence-corrected chi connectivity index (χ0v) is 16.9. The fourth-order valence-electron chi connectivity index (χ4n) is 3.67. The van der Waals surface area contributed by atoms with E-state index in [0.717, 1.165) is 17.7 Å². The first-order valence-electron chi connectivity index (χ1n) is 10.2.